The number of benzene rings is 1. The van der Waals surface area contributed by atoms with Crippen LogP contribution in [-0.2, 0) is 19.6 Å². The van der Waals surface area contributed by atoms with Crippen LogP contribution in [0.3, 0.4) is 0 Å². The molecule has 9 heteroatoms. The number of carbonyl (C=O) groups is 2. The summed E-state index contributed by atoms with van der Waals surface area (Å²) in [5.74, 6) is -2.25. The minimum atomic E-state index is -3.95. The number of hydrogen-bond donors (Lipinski definition) is 3. The zero-order valence-corrected chi connectivity index (χ0v) is 12.9. The highest BCUT2D eigenvalue weighted by molar-refractivity contribution is 7.89. The molecule has 0 bridgehead atoms. The fourth-order valence-electron chi connectivity index (χ4n) is 1.64. The van der Waals surface area contributed by atoms with Crippen molar-refractivity contribution in [3.63, 3.8) is 0 Å². The van der Waals surface area contributed by atoms with Gasteiger partial charge in [0.25, 0.3) is 0 Å². The summed E-state index contributed by atoms with van der Waals surface area (Å²) in [5.41, 5.74) is -1.74. The molecule has 3 N–H and O–H groups in total. The van der Waals surface area contributed by atoms with Crippen LogP contribution in [0.15, 0.2) is 29.2 Å². The predicted octanol–water partition coefficient (Wildman–Crippen LogP) is 0.539. The summed E-state index contributed by atoms with van der Waals surface area (Å²) in [7, 11) is -2.51. The average Bonchev–Trinajstić information content (AvgIpc) is 2.44. The maximum absolute atomic E-state index is 12.1. The average molecular weight is 331 g/mol. The van der Waals surface area contributed by atoms with Crippen molar-refractivity contribution in [1.82, 2.24) is 4.72 Å². The summed E-state index contributed by atoms with van der Waals surface area (Å²) < 4.78 is 31.2. The van der Waals surface area contributed by atoms with Gasteiger partial charge < -0.3 is 14.9 Å². The number of ether oxygens (including phenoxy) is 1. The fourth-order valence-corrected chi connectivity index (χ4v) is 2.81. The first-order valence-electron chi connectivity index (χ1n) is 6.19. The van der Waals surface area contributed by atoms with E-state index in [1.807, 2.05) is 0 Å². The Labute approximate surface area is 127 Å². The van der Waals surface area contributed by atoms with E-state index >= 15 is 0 Å². The smallest absolute Gasteiger partial charge is 0.311 e. The van der Waals surface area contributed by atoms with Crippen LogP contribution in [-0.4, -0.2) is 44.2 Å². The van der Waals surface area contributed by atoms with Crippen LogP contribution in [0.25, 0.3) is 0 Å². The monoisotopic (exact) mass is 331 g/mol. The van der Waals surface area contributed by atoms with Gasteiger partial charge in [-0.2, -0.15) is 0 Å². The van der Waals surface area contributed by atoms with Crippen LogP contribution in [0.2, 0.25) is 0 Å². The first-order valence-corrected chi connectivity index (χ1v) is 7.68. The van der Waals surface area contributed by atoms with Crippen LogP contribution >= 0.6 is 0 Å². The fraction of sp³-hybridized carbons (Fsp3) is 0.385. The summed E-state index contributed by atoms with van der Waals surface area (Å²) in [6, 6.07) is 5.50. The number of carboxylic acid groups (broad SMARTS) is 2. The zero-order chi connectivity index (χ0) is 17.0. The molecular formula is C13H17NO7S. The number of aliphatic carboxylic acids is 2. The molecular weight excluding hydrogens is 314 g/mol. The molecule has 22 heavy (non-hydrogen) atoms. The van der Waals surface area contributed by atoms with E-state index in [4.69, 9.17) is 14.9 Å². The molecule has 1 atom stereocenters. The first kappa shape index (κ1) is 17.9. The molecule has 0 saturated carbocycles. The summed E-state index contributed by atoms with van der Waals surface area (Å²) in [5, 5.41) is 17.9. The van der Waals surface area contributed by atoms with Crippen LogP contribution in [0, 0.1) is 5.41 Å². The lowest BCUT2D eigenvalue weighted by atomic mass is 9.87. The lowest BCUT2D eigenvalue weighted by Crippen LogP contribution is -2.42. The number of methoxy groups -OCH3 is 1. The minimum Gasteiger partial charge on any atom is -0.497 e. The SMILES string of the molecule is COc1ccc(S(=O)(=O)NCC(C)(CC(=O)O)C(=O)O)cc1. The molecule has 8 nitrogen and oxygen atoms in total. The maximum Gasteiger partial charge on any atom is 0.311 e. The summed E-state index contributed by atoms with van der Waals surface area (Å²) in [6.07, 6.45) is -0.701. The van der Waals surface area contributed by atoms with E-state index in [9.17, 15) is 18.0 Å². The molecule has 0 saturated heterocycles. The second-order valence-corrected chi connectivity index (χ2v) is 6.70. The Morgan fingerprint density at radius 1 is 1.23 bits per heavy atom. The van der Waals surface area contributed by atoms with E-state index in [1.54, 1.807) is 0 Å². The topological polar surface area (TPSA) is 130 Å². The summed E-state index contributed by atoms with van der Waals surface area (Å²) in [4.78, 5) is 21.8. The van der Waals surface area contributed by atoms with Crippen molar-refractivity contribution in [2.24, 2.45) is 5.41 Å². The van der Waals surface area contributed by atoms with Gasteiger partial charge in [0.15, 0.2) is 0 Å². The lowest BCUT2D eigenvalue weighted by Gasteiger charge is -2.23. The molecule has 0 amide bonds. The van der Waals surface area contributed by atoms with Gasteiger partial charge >= 0.3 is 11.9 Å². The predicted molar refractivity (Wildman–Crippen MR) is 76.2 cm³/mol. The van der Waals surface area contributed by atoms with Gasteiger partial charge in [-0.3, -0.25) is 9.59 Å². The van der Waals surface area contributed by atoms with E-state index in [0.29, 0.717) is 5.75 Å². The van der Waals surface area contributed by atoms with Crippen molar-refractivity contribution in [2.75, 3.05) is 13.7 Å². The van der Waals surface area contributed by atoms with E-state index in [-0.39, 0.29) is 4.90 Å². The van der Waals surface area contributed by atoms with Gasteiger partial charge in [0.05, 0.1) is 23.8 Å². The molecule has 0 radical (unpaired) electrons. The van der Waals surface area contributed by atoms with Gasteiger partial charge in [0, 0.05) is 6.54 Å². The molecule has 0 aliphatic rings. The van der Waals surface area contributed by atoms with Crippen molar-refractivity contribution >= 4 is 22.0 Å². The normalized spacial score (nSPS) is 14.1. The van der Waals surface area contributed by atoms with E-state index in [0.717, 1.165) is 0 Å². The van der Waals surface area contributed by atoms with Crippen molar-refractivity contribution < 1.29 is 33.0 Å². The molecule has 1 aromatic carbocycles. The highest BCUT2D eigenvalue weighted by Crippen LogP contribution is 2.22. The van der Waals surface area contributed by atoms with Gasteiger partial charge in [0.1, 0.15) is 5.75 Å². The van der Waals surface area contributed by atoms with E-state index in [2.05, 4.69) is 4.72 Å². The molecule has 1 aromatic rings. The molecule has 0 fully saturated rings. The minimum absolute atomic E-state index is 0.0728. The quantitative estimate of drug-likeness (QED) is 0.633. The highest BCUT2D eigenvalue weighted by Gasteiger charge is 2.37. The third-order valence-electron chi connectivity index (χ3n) is 3.08. The standard InChI is InChI=1S/C13H17NO7S/c1-13(12(17)18,7-11(15)16)8-14-22(19,20)10-5-3-9(21-2)4-6-10/h3-6,14H,7-8H2,1-2H3,(H,15,16)(H,17,18). The number of carboxylic acids is 2. The molecule has 0 aromatic heterocycles. The Morgan fingerprint density at radius 3 is 2.18 bits per heavy atom. The Balaban J connectivity index is 2.91. The largest absolute Gasteiger partial charge is 0.497 e. The second kappa shape index (κ2) is 6.75. The molecule has 122 valence electrons. The number of hydrogen-bond acceptors (Lipinski definition) is 5. The lowest BCUT2D eigenvalue weighted by molar-refractivity contribution is -0.154. The van der Waals surface area contributed by atoms with Crippen LogP contribution in [0.4, 0.5) is 0 Å². The van der Waals surface area contributed by atoms with Crippen LogP contribution in [0.1, 0.15) is 13.3 Å². The van der Waals surface area contributed by atoms with Crippen molar-refractivity contribution in [2.45, 2.75) is 18.2 Å². The second-order valence-electron chi connectivity index (χ2n) is 4.94. The maximum atomic E-state index is 12.1. The molecule has 0 aliphatic carbocycles. The number of sulfonamides is 1. The van der Waals surface area contributed by atoms with Crippen LogP contribution in [0.5, 0.6) is 5.75 Å². The molecule has 0 heterocycles. The van der Waals surface area contributed by atoms with Gasteiger partial charge in [-0.05, 0) is 31.2 Å². The highest BCUT2D eigenvalue weighted by atomic mass is 32.2. The Bertz CT molecular complexity index is 653. The van der Waals surface area contributed by atoms with Crippen LogP contribution < -0.4 is 9.46 Å². The number of rotatable bonds is 8. The third-order valence-corrected chi connectivity index (χ3v) is 4.50. The van der Waals surface area contributed by atoms with E-state index in [1.165, 1.54) is 38.3 Å². The third kappa shape index (κ3) is 4.43. The zero-order valence-electron chi connectivity index (χ0n) is 12.1. The Hall–Kier alpha value is -2.13. The first-order chi connectivity index (χ1) is 10.1. The van der Waals surface area contributed by atoms with E-state index < -0.39 is 40.3 Å². The summed E-state index contributed by atoms with van der Waals surface area (Å²) >= 11 is 0. The van der Waals surface area contributed by atoms with Crippen molar-refractivity contribution in [3.05, 3.63) is 24.3 Å². The molecule has 0 spiro atoms. The van der Waals surface area contributed by atoms with Crippen molar-refractivity contribution in [1.29, 1.82) is 0 Å². The Kier molecular flexibility index (Phi) is 5.50. The van der Waals surface area contributed by atoms with Gasteiger partial charge in [-0.15, -0.1) is 0 Å². The molecule has 1 rings (SSSR count). The Morgan fingerprint density at radius 2 is 1.77 bits per heavy atom. The summed E-state index contributed by atoms with van der Waals surface area (Å²) in [6.45, 7) is 0.628. The van der Waals surface area contributed by atoms with Gasteiger partial charge in [0.2, 0.25) is 10.0 Å². The van der Waals surface area contributed by atoms with Gasteiger partial charge in [-0.1, -0.05) is 0 Å². The molecule has 0 aliphatic heterocycles. The van der Waals surface area contributed by atoms with Gasteiger partial charge in [-0.25, -0.2) is 13.1 Å². The van der Waals surface area contributed by atoms with Crippen molar-refractivity contribution in [3.8, 4) is 5.75 Å². The number of nitrogens with one attached hydrogen (secondary N) is 1. The molecule has 1 unspecified atom stereocenters.